The maximum absolute atomic E-state index is 13.3. The van der Waals surface area contributed by atoms with Gasteiger partial charge in [-0.05, 0) is 32.4 Å². The third-order valence-electron chi connectivity index (χ3n) is 3.24. The number of nitrogens with zero attached hydrogens (tertiary/aromatic N) is 1. The normalized spacial score (nSPS) is 31.6. The van der Waals surface area contributed by atoms with Crippen LogP contribution in [0.4, 0.5) is 4.39 Å². The van der Waals surface area contributed by atoms with E-state index in [1.165, 1.54) is 6.08 Å². The Bertz CT molecular complexity index is 447. The first kappa shape index (κ1) is 13.3. The zero-order valence-electron chi connectivity index (χ0n) is 10.7. The number of hydrogen-bond donors (Lipinski definition) is 0. The van der Waals surface area contributed by atoms with Crippen molar-refractivity contribution in [3.05, 3.63) is 35.6 Å². The maximum atomic E-state index is 13.3. The summed E-state index contributed by atoms with van der Waals surface area (Å²) < 4.78 is 13.3. The Morgan fingerprint density at radius 1 is 1.44 bits per heavy atom. The van der Waals surface area contributed by atoms with Crippen LogP contribution in [-0.4, -0.2) is 34.3 Å². The lowest BCUT2D eigenvalue weighted by Gasteiger charge is -2.49. The molecule has 1 unspecified atom stereocenters. The number of rotatable bonds is 2. The number of aldehydes is 1. The number of hydrogen-bond acceptors (Lipinski definition) is 2. The average Bonchev–Trinajstić information content (AvgIpc) is 2.20. The van der Waals surface area contributed by atoms with Gasteiger partial charge >= 0.3 is 0 Å². The van der Waals surface area contributed by atoms with Crippen LogP contribution in [0.15, 0.2) is 35.6 Å². The minimum absolute atomic E-state index is 0.0831. The van der Waals surface area contributed by atoms with E-state index in [9.17, 15) is 9.18 Å². The van der Waals surface area contributed by atoms with E-state index >= 15 is 0 Å². The number of halogens is 2. The predicted molar refractivity (Wildman–Crippen MR) is 71.3 cm³/mol. The van der Waals surface area contributed by atoms with Crippen LogP contribution in [0, 0.1) is 0 Å². The van der Waals surface area contributed by atoms with Crippen molar-refractivity contribution >= 4 is 17.9 Å². The Balaban J connectivity index is 2.28. The molecule has 0 amide bonds. The van der Waals surface area contributed by atoms with E-state index in [4.69, 9.17) is 11.6 Å². The van der Waals surface area contributed by atoms with Gasteiger partial charge in [-0.15, -0.1) is 11.6 Å². The van der Waals surface area contributed by atoms with Crippen LogP contribution in [0.25, 0.3) is 0 Å². The van der Waals surface area contributed by atoms with Crippen LogP contribution in [0.3, 0.4) is 0 Å². The zero-order chi connectivity index (χ0) is 13.5. The molecule has 1 aliphatic heterocycles. The molecule has 0 bridgehead atoms. The largest absolute Gasteiger partial charge is 0.361 e. The van der Waals surface area contributed by atoms with Crippen molar-refractivity contribution in [2.75, 3.05) is 0 Å². The monoisotopic (exact) mass is 269 g/mol. The van der Waals surface area contributed by atoms with Gasteiger partial charge in [-0.1, -0.05) is 12.2 Å². The molecule has 2 aliphatic rings. The summed E-state index contributed by atoms with van der Waals surface area (Å²) in [5, 5.41) is -0.652. The molecule has 3 atom stereocenters. The maximum Gasteiger partial charge on any atom is 0.149 e. The standard InChI is InChI=1S/C14H17ClFNO/c1-14(2,3)17-7-10(8-18)13(17)9-4-5-12(16)11(15)6-9/h4-8,11-13H,1-3H3/t11?,12-,13-/m1/s1. The molecule has 0 aromatic carbocycles. The van der Waals surface area contributed by atoms with E-state index in [1.54, 1.807) is 12.2 Å². The molecule has 0 aromatic heterocycles. The van der Waals surface area contributed by atoms with E-state index in [-0.39, 0.29) is 11.6 Å². The average molecular weight is 270 g/mol. The molecular formula is C14H17ClFNO. The Hall–Kier alpha value is -1.09. The summed E-state index contributed by atoms with van der Waals surface area (Å²) in [6, 6.07) is -0.104. The zero-order valence-corrected chi connectivity index (χ0v) is 11.5. The van der Waals surface area contributed by atoms with E-state index in [0.29, 0.717) is 5.57 Å². The molecule has 1 heterocycles. The van der Waals surface area contributed by atoms with Crippen molar-refractivity contribution in [3.63, 3.8) is 0 Å². The first-order valence-electron chi connectivity index (χ1n) is 5.98. The predicted octanol–water partition coefficient (Wildman–Crippen LogP) is 2.99. The minimum Gasteiger partial charge on any atom is -0.361 e. The van der Waals surface area contributed by atoms with Crippen molar-refractivity contribution in [1.82, 2.24) is 4.90 Å². The highest BCUT2D eigenvalue weighted by atomic mass is 35.5. The Morgan fingerprint density at radius 2 is 2.11 bits per heavy atom. The van der Waals surface area contributed by atoms with Gasteiger partial charge in [0.25, 0.3) is 0 Å². The summed E-state index contributed by atoms with van der Waals surface area (Å²) in [6.45, 7) is 6.21. The molecule has 2 rings (SSSR count). The highest BCUT2D eigenvalue weighted by Crippen LogP contribution is 2.36. The summed E-state index contributed by atoms with van der Waals surface area (Å²) in [6.07, 6.45) is 6.43. The van der Waals surface area contributed by atoms with Crippen LogP contribution >= 0.6 is 11.6 Å². The van der Waals surface area contributed by atoms with Gasteiger partial charge in [-0.25, -0.2) is 4.39 Å². The van der Waals surface area contributed by atoms with Crippen LogP contribution in [0.5, 0.6) is 0 Å². The van der Waals surface area contributed by atoms with Gasteiger partial charge in [0.2, 0.25) is 0 Å². The van der Waals surface area contributed by atoms with Crippen LogP contribution in [-0.2, 0) is 4.79 Å². The number of carbonyl (C=O) groups is 1. The van der Waals surface area contributed by atoms with E-state index in [0.717, 1.165) is 11.9 Å². The van der Waals surface area contributed by atoms with Gasteiger partial charge < -0.3 is 4.90 Å². The summed E-state index contributed by atoms with van der Waals surface area (Å²) in [5.41, 5.74) is 1.52. The number of carbonyl (C=O) groups excluding carboxylic acids is 1. The minimum atomic E-state index is -1.15. The van der Waals surface area contributed by atoms with Crippen molar-refractivity contribution in [3.8, 4) is 0 Å². The highest BCUT2D eigenvalue weighted by Gasteiger charge is 2.39. The molecule has 18 heavy (non-hydrogen) atoms. The Morgan fingerprint density at radius 3 is 2.61 bits per heavy atom. The second-order valence-electron chi connectivity index (χ2n) is 5.64. The van der Waals surface area contributed by atoms with Gasteiger partial charge in [0.15, 0.2) is 0 Å². The molecule has 98 valence electrons. The fourth-order valence-electron chi connectivity index (χ4n) is 2.24. The molecule has 0 N–H and O–H groups in total. The summed E-state index contributed by atoms with van der Waals surface area (Å²) >= 11 is 5.91. The third kappa shape index (κ3) is 2.24. The molecule has 0 saturated heterocycles. The Labute approximate surface area is 112 Å². The van der Waals surface area contributed by atoms with Crippen LogP contribution in [0.1, 0.15) is 20.8 Å². The SMILES string of the molecule is CC(C)(C)N1C=C(C=O)[C@H]1C1=CC(Cl)[C@H](F)C=C1. The molecule has 0 aromatic rings. The van der Waals surface area contributed by atoms with Crippen LogP contribution in [0.2, 0.25) is 0 Å². The second-order valence-corrected chi connectivity index (χ2v) is 6.15. The number of allylic oxidation sites excluding steroid dienone is 2. The van der Waals surface area contributed by atoms with Crippen molar-refractivity contribution in [2.45, 2.75) is 43.9 Å². The van der Waals surface area contributed by atoms with E-state index < -0.39 is 11.5 Å². The third-order valence-corrected chi connectivity index (χ3v) is 3.60. The fourth-order valence-corrected chi connectivity index (χ4v) is 2.47. The summed E-state index contributed by atoms with van der Waals surface area (Å²) in [7, 11) is 0. The second kappa shape index (κ2) is 4.54. The fraction of sp³-hybridized carbons (Fsp3) is 0.500. The van der Waals surface area contributed by atoms with Crippen molar-refractivity contribution < 1.29 is 9.18 Å². The molecule has 1 aliphatic carbocycles. The molecular weight excluding hydrogens is 253 g/mol. The van der Waals surface area contributed by atoms with E-state index in [2.05, 4.69) is 25.7 Å². The van der Waals surface area contributed by atoms with Gasteiger partial charge in [0, 0.05) is 17.3 Å². The van der Waals surface area contributed by atoms with Gasteiger partial charge in [0.1, 0.15) is 12.5 Å². The van der Waals surface area contributed by atoms with Crippen molar-refractivity contribution in [2.24, 2.45) is 0 Å². The lowest BCUT2D eigenvalue weighted by molar-refractivity contribution is -0.106. The molecule has 0 fully saturated rings. The number of alkyl halides is 2. The quantitative estimate of drug-likeness (QED) is 0.567. The van der Waals surface area contributed by atoms with Gasteiger partial charge in [0.05, 0.1) is 11.4 Å². The molecule has 2 nitrogen and oxygen atoms in total. The molecule has 0 saturated carbocycles. The van der Waals surface area contributed by atoms with Crippen LogP contribution < -0.4 is 0 Å². The lowest BCUT2D eigenvalue weighted by atomic mass is 9.85. The molecule has 0 radical (unpaired) electrons. The topological polar surface area (TPSA) is 20.3 Å². The first-order valence-corrected chi connectivity index (χ1v) is 6.41. The smallest absolute Gasteiger partial charge is 0.149 e. The highest BCUT2D eigenvalue weighted by molar-refractivity contribution is 6.22. The van der Waals surface area contributed by atoms with Crippen molar-refractivity contribution in [1.29, 1.82) is 0 Å². The molecule has 0 spiro atoms. The first-order chi connectivity index (χ1) is 8.34. The lowest BCUT2D eigenvalue weighted by Crippen LogP contribution is -2.53. The Kier molecular flexibility index (Phi) is 3.37. The van der Waals surface area contributed by atoms with Gasteiger partial charge in [-0.2, -0.15) is 0 Å². The summed E-state index contributed by atoms with van der Waals surface area (Å²) in [4.78, 5) is 13.1. The van der Waals surface area contributed by atoms with Gasteiger partial charge in [-0.3, -0.25) is 4.79 Å². The van der Waals surface area contributed by atoms with E-state index in [1.807, 2.05) is 6.20 Å². The summed E-state index contributed by atoms with van der Waals surface area (Å²) in [5.74, 6) is 0. The molecule has 4 heteroatoms.